The van der Waals surface area contributed by atoms with E-state index in [4.69, 9.17) is 51.1 Å². The maximum atomic E-state index is 13.1. The van der Waals surface area contributed by atoms with E-state index in [1.54, 1.807) is 18.2 Å². The molecular formula is C23H13Cl4FN2O2. The zero-order chi connectivity index (χ0) is 23.3. The number of carbonyl (C=O) groups is 1. The molecule has 0 aliphatic heterocycles. The molecule has 9 heteroatoms. The van der Waals surface area contributed by atoms with Crippen LogP contribution in [0.15, 0.2) is 60.2 Å². The van der Waals surface area contributed by atoms with Crippen molar-refractivity contribution in [3.63, 3.8) is 0 Å². The number of anilines is 1. The van der Waals surface area contributed by atoms with Gasteiger partial charge in [-0.3, -0.25) is 4.79 Å². The van der Waals surface area contributed by atoms with Gasteiger partial charge in [0.2, 0.25) is 0 Å². The molecule has 0 unspecified atom stereocenters. The van der Waals surface area contributed by atoms with Crippen LogP contribution in [0.5, 0.6) is 5.75 Å². The SMILES string of the molecule is N#C/C(=C\c1cc(Cl)cc(Cl)c1OCc1ccc(Cl)cc1Cl)C(=O)Nc1ccc(F)cc1. The van der Waals surface area contributed by atoms with Crippen molar-refractivity contribution in [2.45, 2.75) is 6.61 Å². The Kier molecular flexibility index (Phi) is 8.00. The lowest BCUT2D eigenvalue weighted by molar-refractivity contribution is -0.112. The Morgan fingerprint density at radius 2 is 1.69 bits per heavy atom. The minimum Gasteiger partial charge on any atom is -0.487 e. The molecule has 0 heterocycles. The molecule has 3 aromatic carbocycles. The van der Waals surface area contributed by atoms with E-state index in [0.29, 0.717) is 26.9 Å². The number of carbonyl (C=O) groups excluding carboxylic acids is 1. The Bertz CT molecular complexity index is 1240. The molecule has 1 amide bonds. The summed E-state index contributed by atoms with van der Waals surface area (Å²) in [5.41, 5.74) is 1.07. The number of hydrogen-bond acceptors (Lipinski definition) is 3. The molecule has 4 nitrogen and oxygen atoms in total. The summed E-state index contributed by atoms with van der Waals surface area (Å²) in [4.78, 5) is 12.5. The van der Waals surface area contributed by atoms with Crippen molar-refractivity contribution in [2.24, 2.45) is 0 Å². The lowest BCUT2D eigenvalue weighted by Crippen LogP contribution is -2.13. The smallest absolute Gasteiger partial charge is 0.266 e. The van der Waals surface area contributed by atoms with E-state index in [9.17, 15) is 14.4 Å². The summed E-state index contributed by atoms with van der Waals surface area (Å²) in [6.45, 7) is 0.0574. The highest BCUT2D eigenvalue weighted by Crippen LogP contribution is 2.35. The Balaban J connectivity index is 1.89. The van der Waals surface area contributed by atoms with Gasteiger partial charge in [0.15, 0.2) is 0 Å². The van der Waals surface area contributed by atoms with Crippen LogP contribution >= 0.6 is 46.4 Å². The van der Waals surface area contributed by atoms with Crippen LogP contribution in [0, 0.1) is 17.1 Å². The first-order valence-electron chi connectivity index (χ1n) is 9.01. The summed E-state index contributed by atoms with van der Waals surface area (Å²) in [6.07, 6.45) is 1.30. The van der Waals surface area contributed by atoms with Crippen LogP contribution in [0.1, 0.15) is 11.1 Å². The number of nitrogens with zero attached hydrogens (tertiary/aromatic N) is 1. The standard InChI is InChI=1S/C23H13Cl4FN2O2/c24-16-2-1-13(20(26)9-16)12-32-22-14(8-17(25)10-21(22)27)7-15(11-29)23(31)30-19-5-3-18(28)4-6-19/h1-10H,12H2,(H,30,31)/b15-7+. The van der Waals surface area contributed by atoms with Gasteiger partial charge >= 0.3 is 0 Å². The van der Waals surface area contributed by atoms with Crippen molar-refractivity contribution in [3.8, 4) is 11.8 Å². The number of benzene rings is 3. The number of nitriles is 1. The third-order valence-corrected chi connectivity index (χ3v) is 5.28. The maximum absolute atomic E-state index is 13.1. The zero-order valence-electron chi connectivity index (χ0n) is 16.1. The van der Waals surface area contributed by atoms with E-state index in [0.717, 1.165) is 0 Å². The second-order valence-corrected chi connectivity index (χ2v) is 8.15. The zero-order valence-corrected chi connectivity index (χ0v) is 19.2. The van der Waals surface area contributed by atoms with Gasteiger partial charge in [-0.1, -0.05) is 52.5 Å². The van der Waals surface area contributed by atoms with Gasteiger partial charge in [-0.2, -0.15) is 5.26 Å². The highest BCUT2D eigenvalue weighted by atomic mass is 35.5. The maximum Gasteiger partial charge on any atom is 0.266 e. The van der Waals surface area contributed by atoms with Crippen molar-refractivity contribution in [2.75, 3.05) is 5.32 Å². The van der Waals surface area contributed by atoms with Crippen molar-refractivity contribution in [3.05, 3.63) is 97.2 Å². The quantitative estimate of drug-likeness (QED) is 0.275. The van der Waals surface area contributed by atoms with Crippen molar-refractivity contribution in [1.29, 1.82) is 5.26 Å². The molecule has 162 valence electrons. The molecule has 0 aliphatic rings. The second kappa shape index (κ2) is 10.7. The van der Waals surface area contributed by atoms with Gasteiger partial charge in [0.05, 0.1) is 5.02 Å². The lowest BCUT2D eigenvalue weighted by atomic mass is 10.1. The van der Waals surface area contributed by atoms with E-state index in [1.165, 1.54) is 42.5 Å². The van der Waals surface area contributed by atoms with Gasteiger partial charge in [0.1, 0.15) is 29.8 Å². The third-order valence-electron chi connectivity index (χ3n) is 4.19. The molecule has 0 spiro atoms. The van der Waals surface area contributed by atoms with E-state index in [-0.39, 0.29) is 28.0 Å². The van der Waals surface area contributed by atoms with Gasteiger partial charge in [0, 0.05) is 31.9 Å². The Morgan fingerprint density at radius 3 is 2.34 bits per heavy atom. The van der Waals surface area contributed by atoms with Gasteiger partial charge in [-0.05, 0) is 54.6 Å². The van der Waals surface area contributed by atoms with Crippen LogP contribution in [0.25, 0.3) is 6.08 Å². The normalized spacial score (nSPS) is 11.1. The van der Waals surface area contributed by atoms with Crippen LogP contribution < -0.4 is 10.1 Å². The van der Waals surface area contributed by atoms with Gasteiger partial charge < -0.3 is 10.1 Å². The van der Waals surface area contributed by atoms with Gasteiger partial charge in [-0.15, -0.1) is 0 Å². The molecule has 3 aromatic rings. The largest absolute Gasteiger partial charge is 0.487 e. The molecule has 32 heavy (non-hydrogen) atoms. The summed E-state index contributed by atoms with van der Waals surface area (Å²) in [5.74, 6) is -0.929. The molecule has 0 saturated carbocycles. The number of amides is 1. The third kappa shape index (κ3) is 6.15. The van der Waals surface area contributed by atoms with E-state index >= 15 is 0 Å². The monoisotopic (exact) mass is 508 g/mol. The predicted molar refractivity (Wildman–Crippen MR) is 126 cm³/mol. The summed E-state index contributed by atoms with van der Waals surface area (Å²) in [6, 6.07) is 14.9. The minimum absolute atomic E-state index is 0.0574. The van der Waals surface area contributed by atoms with Gasteiger partial charge in [-0.25, -0.2) is 4.39 Å². The summed E-state index contributed by atoms with van der Waals surface area (Å²) >= 11 is 24.5. The fraction of sp³-hybridized carbons (Fsp3) is 0.0435. The first-order chi connectivity index (χ1) is 15.3. The number of halogens is 5. The van der Waals surface area contributed by atoms with Gasteiger partial charge in [0.25, 0.3) is 5.91 Å². The fourth-order valence-electron chi connectivity index (χ4n) is 2.66. The van der Waals surface area contributed by atoms with Crippen LogP contribution in [0.4, 0.5) is 10.1 Å². The van der Waals surface area contributed by atoms with Crippen LogP contribution in [0.2, 0.25) is 20.1 Å². The average molecular weight is 510 g/mol. The highest BCUT2D eigenvalue weighted by Gasteiger charge is 2.15. The van der Waals surface area contributed by atoms with Crippen molar-refractivity contribution >= 4 is 64.1 Å². The lowest BCUT2D eigenvalue weighted by Gasteiger charge is -2.13. The van der Waals surface area contributed by atoms with E-state index in [1.807, 2.05) is 6.07 Å². The minimum atomic E-state index is -0.693. The summed E-state index contributed by atoms with van der Waals surface area (Å²) < 4.78 is 18.9. The number of ether oxygens (including phenoxy) is 1. The van der Waals surface area contributed by atoms with E-state index < -0.39 is 11.7 Å². The molecule has 0 bridgehead atoms. The first kappa shape index (κ1) is 23.9. The molecule has 3 rings (SSSR count). The molecule has 0 fully saturated rings. The summed E-state index contributed by atoms with van der Waals surface area (Å²) in [5, 5.41) is 13.4. The first-order valence-corrected chi connectivity index (χ1v) is 10.5. The van der Waals surface area contributed by atoms with Crippen molar-refractivity contribution in [1.82, 2.24) is 0 Å². The Labute approximate surface area is 203 Å². The number of nitrogens with one attached hydrogen (secondary N) is 1. The van der Waals surface area contributed by atoms with Crippen LogP contribution in [-0.4, -0.2) is 5.91 Å². The Morgan fingerprint density at radius 1 is 1.00 bits per heavy atom. The second-order valence-electron chi connectivity index (χ2n) is 6.46. The number of rotatable bonds is 6. The predicted octanol–water partition coefficient (Wildman–Crippen LogP) is 7.56. The van der Waals surface area contributed by atoms with Crippen LogP contribution in [0.3, 0.4) is 0 Å². The topological polar surface area (TPSA) is 62.1 Å². The summed E-state index contributed by atoms with van der Waals surface area (Å²) in [7, 11) is 0. The molecular weight excluding hydrogens is 497 g/mol. The highest BCUT2D eigenvalue weighted by molar-refractivity contribution is 6.36. The molecule has 0 aliphatic carbocycles. The van der Waals surface area contributed by atoms with Crippen LogP contribution in [-0.2, 0) is 11.4 Å². The molecule has 0 saturated heterocycles. The number of hydrogen-bond donors (Lipinski definition) is 1. The van der Waals surface area contributed by atoms with E-state index in [2.05, 4.69) is 5.32 Å². The average Bonchev–Trinajstić information content (AvgIpc) is 2.74. The fourth-order valence-corrected chi connectivity index (χ4v) is 3.69. The molecule has 0 aromatic heterocycles. The Hall–Kier alpha value is -2.75. The van der Waals surface area contributed by atoms with Crippen molar-refractivity contribution < 1.29 is 13.9 Å². The molecule has 1 N–H and O–H groups in total. The molecule has 0 radical (unpaired) electrons. The molecule has 0 atom stereocenters.